The summed E-state index contributed by atoms with van der Waals surface area (Å²) in [6, 6.07) is 15.5. The standard InChI is InChI=1S/C20H16N2/c1-20(2)16-6-4-3-5-12(16)13-9-14-15-11-21-8-7-18(15)22-19(14)10-17(13)20/h3-11,22H,1-2H3. The Morgan fingerprint density at radius 3 is 2.64 bits per heavy atom. The summed E-state index contributed by atoms with van der Waals surface area (Å²) in [4.78, 5) is 7.81. The first-order valence-corrected chi connectivity index (χ1v) is 7.66. The molecule has 2 aromatic heterocycles. The van der Waals surface area contributed by atoms with Gasteiger partial charge in [0, 0.05) is 39.6 Å². The van der Waals surface area contributed by atoms with Crippen molar-refractivity contribution >= 4 is 21.8 Å². The zero-order valence-electron chi connectivity index (χ0n) is 12.6. The summed E-state index contributed by atoms with van der Waals surface area (Å²) >= 11 is 0. The van der Waals surface area contributed by atoms with Crippen molar-refractivity contribution in [2.75, 3.05) is 0 Å². The highest BCUT2D eigenvalue weighted by Crippen LogP contribution is 2.50. The lowest BCUT2D eigenvalue weighted by molar-refractivity contribution is 0.661. The maximum atomic E-state index is 4.28. The molecule has 1 aliphatic carbocycles. The fourth-order valence-corrected chi connectivity index (χ4v) is 3.94. The van der Waals surface area contributed by atoms with E-state index in [-0.39, 0.29) is 5.41 Å². The normalized spacial score (nSPS) is 15.2. The predicted molar refractivity (Wildman–Crippen MR) is 91.2 cm³/mol. The summed E-state index contributed by atoms with van der Waals surface area (Å²) in [5, 5.41) is 2.46. The van der Waals surface area contributed by atoms with Crippen LogP contribution in [0.15, 0.2) is 54.9 Å². The van der Waals surface area contributed by atoms with Crippen LogP contribution >= 0.6 is 0 Å². The van der Waals surface area contributed by atoms with Crippen LogP contribution < -0.4 is 0 Å². The van der Waals surface area contributed by atoms with Crippen molar-refractivity contribution in [2.24, 2.45) is 0 Å². The van der Waals surface area contributed by atoms with E-state index in [9.17, 15) is 0 Å². The van der Waals surface area contributed by atoms with Crippen molar-refractivity contribution in [1.29, 1.82) is 0 Å². The van der Waals surface area contributed by atoms with Crippen LogP contribution in [0.3, 0.4) is 0 Å². The molecule has 0 unspecified atom stereocenters. The van der Waals surface area contributed by atoms with Crippen LogP contribution in [0.25, 0.3) is 32.9 Å². The lowest BCUT2D eigenvalue weighted by Crippen LogP contribution is -2.14. The minimum absolute atomic E-state index is 0.0513. The van der Waals surface area contributed by atoms with Gasteiger partial charge in [-0.25, -0.2) is 0 Å². The van der Waals surface area contributed by atoms with E-state index in [1.807, 2.05) is 18.5 Å². The molecule has 22 heavy (non-hydrogen) atoms. The summed E-state index contributed by atoms with van der Waals surface area (Å²) in [6.45, 7) is 4.63. The molecule has 0 radical (unpaired) electrons. The van der Waals surface area contributed by atoms with Gasteiger partial charge < -0.3 is 4.98 Å². The molecule has 2 heterocycles. The van der Waals surface area contributed by atoms with Crippen LogP contribution in [-0.2, 0) is 5.41 Å². The zero-order valence-corrected chi connectivity index (χ0v) is 12.6. The summed E-state index contributed by atoms with van der Waals surface area (Å²) in [7, 11) is 0. The first-order valence-electron chi connectivity index (χ1n) is 7.66. The lowest BCUT2D eigenvalue weighted by atomic mass is 9.82. The maximum Gasteiger partial charge on any atom is 0.0495 e. The van der Waals surface area contributed by atoms with Crippen molar-refractivity contribution in [3.8, 4) is 11.1 Å². The van der Waals surface area contributed by atoms with E-state index in [4.69, 9.17) is 0 Å². The molecule has 0 bridgehead atoms. The average molecular weight is 284 g/mol. The average Bonchev–Trinajstić information content (AvgIpc) is 3.00. The van der Waals surface area contributed by atoms with Gasteiger partial charge in [0.15, 0.2) is 0 Å². The Labute approximate surface area is 128 Å². The number of benzene rings is 2. The molecule has 2 heteroatoms. The molecule has 5 rings (SSSR count). The van der Waals surface area contributed by atoms with E-state index < -0.39 is 0 Å². The van der Waals surface area contributed by atoms with Crippen LogP contribution in [0.4, 0.5) is 0 Å². The maximum absolute atomic E-state index is 4.28. The number of fused-ring (bicyclic) bond motifs is 6. The Bertz CT molecular complexity index is 1050. The monoisotopic (exact) mass is 284 g/mol. The molecule has 1 N–H and O–H groups in total. The second-order valence-corrected chi connectivity index (χ2v) is 6.66. The number of H-pyrrole nitrogens is 1. The summed E-state index contributed by atoms with van der Waals surface area (Å²) in [5.74, 6) is 0. The van der Waals surface area contributed by atoms with E-state index in [1.165, 1.54) is 38.5 Å². The van der Waals surface area contributed by atoms with Gasteiger partial charge in [-0.15, -0.1) is 0 Å². The second-order valence-electron chi connectivity index (χ2n) is 6.66. The fourth-order valence-electron chi connectivity index (χ4n) is 3.94. The number of nitrogens with one attached hydrogen (secondary N) is 1. The first-order chi connectivity index (χ1) is 10.7. The largest absolute Gasteiger partial charge is 0.354 e. The quantitative estimate of drug-likeness (QED) is 0.482. The highest BCUT2D eigenvalue weighted by atomic mass is 14.7. The van der Waals surface area contributed by atoms with E-state index in [0.717, 1.165) is 5.52 Å². The molecule has 0 saturated heterocycles. The number of pyridine rings is 1. The molecule has 0 atom stereocenters. The summed E-state index contributed by atoms with van der Waals surface area (Å²) < 4.78 is 0. The Kier molecular flexibility index (Phi) is 2.06. The molecule has 0 saturated carbocycles. The summed E-state index contributed by atoms with van der Waals surface area (Å²) in [5.41, 5.74) is 7.94. The number of nitrogens with zero attached hydrogens (tertiary/aromatic N) is 1. The number of aromatic amines is 1. The van der Waals surface area contributed by atoms with Crippen LogP contribution in [-0.4, -0.2) is 9.97 Å². The molecule has 1 aliphatic rings. The highest BCUT2D eigenvalue weighted by molar-refractivity contribution is 6.09. The van der Waals surface area contributed by atoms with E-state index >= 15 is 0 Å². The third-order valence-corrected chi connectivity index (χ3v) is 5.10. The lowest BCUT2D eigenvalue weighted by Gasteiger charge is -2.21. The minimum atomic E-state index is 0.0513. The zero-order chi connectivity index (χ0) is 14.9. The molecular weight excluding hydrogens is 268 g/mol. The Balaban J connectivity index is 1.95. The Morgan fingerprint density at radius 2 is 1.73 bits per heavy atom. The second kappa shape index (κ2) is 3.77. The van der Waals surface area contributed by atoms with Gasteiger partial charge in [-0.3, -0.25) is 4.98 Å². The first kappa shape index (κ1) is 12.0. The van der Waals surface area contributed by atoms with Crippen LogP contribution in [0.2, 0.25) is 0 Å². The molecular formula is C20H16N2. The minimum Gasteiger partial charge on any atom is -0.354 e. The Morgan fingerprint density at radius 1 is 0.864 bits per heavy atom. The fraction of sp³-hybridized carbons (Fsp3) is 0.150. The molecule has 106 valence electrons. The van der Waals surface area contributed by atoms with Gasteiger partial charge >= 0.3 is 0 Å². The van der Waals surface area contributed by atoms with Gasteiger partial charge in [-0.1, -0.05) is 38.1 Å². The van der Waals surface area contributed by atoms with Crippen LogP contribution in [0.5, 0.6) is 0 Å². The van der Waals surface area contributed by atoms with Gasteiger partial charge in [0.05, 0.1) is 0 Å². The highest BCUT2D eigenvalue weighted by Gasteiger charge is 2.35. The number of hydrogen-bond donors (Lipinski definition) is 1. The molecule has 0 fully saturated rings. The topological polar surface area (TPSA) is 28.7 Å². The van der Waals surface area contributed by atoms with Crippen LogP contribution in [0, 0.1) is 0 Å². The van der Waals surface area contributed by atoms with Gasteiger partial charge in [0.1, 0.15) is 0 Å². The smallest absolute Gasteiger partial charge is 0.0495 e. The van der Waals surface area contributed by atoms with Crippen molar-refractivity contribution in [3.63, 3.8) is 0 Å². The van der Waals surface area contributed by atoms with Crippen molar-refractivity contribution < 1.29 is 0 Å². The number of rotatable bonds is 0. The van der Waals surface area contributed by atoms with E-state index in [0.29, 0.717) is 0 Å². The predicted octanol–water partition coefficient (Wildman–Crippen LogP) is 5.02. The van der Waals surface area contributed by atoms with Gasteiger partial charge in [-0.2, -0.15) is 0 Å². The number of aromatic nitrogens is 2. The molecule has 4 aromatic rings. The van der Waals surface area contributed by atoms with Gasteiger partial charge in [0.2, 0.25) is 0 Å². The van der Waals surface area contributed by atoms with Crippen molar-refractivity contribution in [1.82, 2.24) is 9.97 Å². The molecule has 0 aliphatic heterocycles. The van der Waals surface area contributed by atoms with Crippen LogP contribution in [0.1, 0.15) is 25.0 Å². The van der Waals surface area contributed by atoms with E-state index in [1.54, 1.807) is 0 Å². The summed E-state index contributed by atoms with van der Waals surface area (Å²) in [6.07, 6.45) is 3.79. The molecule has 2 nitrogen and oxygen atoms in total. The van der Waals surface area contributed by atoms with E-state index in [2.05, 4.69) is 60.2 Å². The van der Waals surface area contributed by atoms with Crippen molar-refractivity contribution in [2.45, 2.75) is 19.3 Å². The van der Waals surface area contributed by atoms with Crippen molar-refractivity contribution in [3.05, 3.63) is 66.0 Å². The SMILES string of the molecule is CC1(C)c2ccccc2-c2cc3c(cc21)[nH]c1ccncc13. The Hall–Kier alpha value is -2.61. The van der Waals surface area contributed by atoms with Gasteiger partial charge in [0.25, 0.3) is 0 Å². The third-order valence-electron chi connectivity index (χ3n) is 5.10. The molecule has 0 amide bonds. The number of hydrogen-bond acceptors (Lipinski definition) is 1. The van der Waals surface area contributed by atoms with Gasteiger partial charge in [-0.05, 0) is 40.5 Å². The molecule has 2 aromatic carbocycles. The third kappa shape index (κ3) is 1.32. The molecule has 0 spiro atoms.